The molecule has 0 spiro atoms. The number of hydrogen-bond acceptors (Lipinski definition) is 5. The van der Waals surface area contributed by atoms with Crippen LogP contribution in [0.15, 0.2) is 103 Å². The van der Waals surface area contributed by atoms with E-state index in [2.05, 4.69) is 0 Å². The number of hydrogen-bond donors (Lipinski definition) is 1. The molecule has 0 amide bonds. The zero-order valence-electron chi connectivity index (χ0n) is 18.7. The lowest BCUT2D eigenvalue weighted by Crippen LogP contribution is -2.11. The van der Waals surface area contributed by atoms with Crippen molar-refractivity contribution in [3.63, 3.8) is 0 Å². The van der Waals surface area contributed by atoms with Gasteiger partial charge in [-0.25, -0.2) is 0 Å². The van der Waals surface area contributed by atoms with E-state index in [1.54, 1.807) is 30.3 Å². The molecule has 0 fully saturated rings. The van der Waals surface area contributed by atoms with Crippen LogP contribution in [0.4, 0.5) is 0 Å². The predicted octanol–water partition coefficient (Wildman–Crippen LogP) is 5.60. The second-order valence-electron chi connectivity index (χ2n) is 7.76. The van der Waals surface area contributed by atoms with Crippen molar-refractivity contribution in [3.8, 4) is 17.2 Å². The van der Waals surface area contributed by atoms with Gasteiger partial charge in [-0.15, -0.1) is 0 Å². The summed E-state index contributed by atoms with van der Waals surface area (Å²) in [5, 5.41) is 9.62. The number of rotatable bonds is 11. The van der Waals surface area contributed by atoms with E-state index < -0.39 is 0 Å². The van der Waals surface area contributed by atoms with Crippen LogP contribution in [0.5, 0.6) is 17.2 Å². The molecule has 5 nitrogen and oxygen atoms in total. The first-order valence-corrected chi connectivity index (χ1v) is 11.0. The normalized spacial score (nSPS) is 10.5. The summed E-state index contributed by atoms with van der Waals surface area (Å²) in [4.78, 5) is 12.3. The maximum absolute atomic E-state index is 12.3. The Morgan fingerprint density at radius 3 is 1.85 bits per heavy atom. The third kappa shape index (κ3) is 6.70. The predicted molar refractivity (Wildman–Crippen MR) is 130 cm³/mol. The molecule has 1 N–H and O–H groups in total. The molecule has 0 unspecified atom stereocenters. The molecule has 0 radical (unpaired) electrons. The van der Waals surface area contributed by atoms with Gasteiger partial charge >= 0.3 is 0 Å². The molecule has 0 aromatic heterocycles. The molecular weight excluding hydrogens is 428 g/mol. The Kier molecular flexibility index (Phi) is 7.93. The van der Waals surface area contributed by atoms with Crippen LogP contribution in [0.2, 0.25) is 0 Å². The third-order valence-electron chi connectivity index (χ3n) is 5.14. The first kappa shape index (κ1) is 23.1. The molecule has 4 aromatic carbocycles. The van der Waals surface area contributed by atoms with Gasteiger partial charge in [0.1, 0.15) is 30.5 Å². The fraction of sp³-hybridized carbons (Fsp3) is 0.138. The van der Waals surface area contributed by atoms with Crippen LogP contribution in [0, 0.1) is 0 Å². The monoisotopic (exact) mass is 454 g/mol. The van der Waals surface area contributed by atoms with E-state index in [1.165, 1.54) is 0 Å². The van der Waals surface area contributed by atoms with Gasteiger partial charge in [-0.05, 0) is 41.0 Å². The average Bonchev–Trinajstić information content (AvgIpc) is 2.90. The highest BCUT2D eigenvalue weighted by Crippen LogP contribution is 2.25. The molecule has 34 heavy (non-hydrogen) atoms. The number of carbonyl (C=O) groups excluding carboxylic acids is 1. The zero-order chi connectivity index (χ0) is 23.6. The summed E-state index contributed by atoms with van der Waals surface area (Å²) >= 11 is 0. The van der Waals surface area contributed by atoms with Crippen LogP contribution in [-0.4, -0.2) is 17.5 Å². The number of aliphatic hydroxyl groups excluding tert-OH is 1. The van der Waals surface area contributed by atoms with Crippen LogP contribution >= 0.6 is 0 Å². The van der Waals surface area contributed by atoms with E-state index in [-0.39, 0.29) is 19.0 Å². The molecule has 172 valence electrons. The molecule has 5 heteroatoms. The minimum atomic E-state index is -0.113. The third-order valence-corrected chi connectivity index (χ3v) is 5.14. The highest BCUT2D eigenvalue weighted by atomic mass is 16.5. The largest absolute Gasteiger partial charge is 0.489 e. The number of aliphatic hydroxyl groups is 1. The first-order chi connectivity index (χ1) is 16.7. The van der Waals surface area contributed by atoms with Crippen LogP contribution in [-0.2, 0) is 19.8 Å². The molecule has 0 saturated carbocycles. The summed E-state index contributed by atoms with van der Waals surface area (Å²) in [6.45, 7) is 0.583. The van der Waals surface area contributed by atoms with Crippen LogP contribution in [0.3, 0.4) is 0 Å². The van der Waals surface area contributed by atoms with Crippen molar-refractivity contribution < 1.29 is 24.1 Å². The van der Waals surface area contributed by atoms with Crippen LogP contribution in [0.1, 0.15) is 27.0 Å². The highest BCUT2D eigenvalue weighted by molar-refractivity contribution is 5.97. The van der Waals surface area contributed by atoms with Crippen molar-refractivity contribution in [3.05, 3.63) is 125 Å². The SMILES string of the molecule is O=C(COc1cccc(COc2cc(CO)cc(OCc3ccccc3)c2)c1)c1ccccc1. The maximum Gasteiger partial charge on any atom is 0.200 e. The fourth-order valence-corrected chi connectivity index (χ4v) is 3.38. The quantitative estimate of drug-likeness (QED) is 0.299. The number of ketones is 1. The molecular formula is C29H26O5. The number of benzene rings is 4. The minimum absolute atomic E-state index is 0.0328. The van der Waals surface area contributed by atoms with Crippen molar-refractivity contribution in [2.24, 2.45) is 0 Å². The standard InChI is InChI=1S/C29H26O5/c30-18-24-15-27(32-19-22-8-3-1-4-9-22)17-28(16-24)33-20-23-10-7-13-26(14-23)34-21-29(31)25-11-5-2-6-12-25/h1-17,30H,18-21H2. The molecule has 4 rings (SSSR count). The second kappa shape index (κ2) is 11.7. The molecule has 0 aliphatic carbocycles. The van der Waals surface area contributed by atoms with E-state index in [0.29, 0.717) is 41.6 Å². The molecule has 0 saturated heterocycles. The second-order valence-corrected chi connectivity index (χ2v) is 7.76. The van der Waals surface area contributed by atoms with Crippen molar-refractivity contribution in [2.45, 2.75) is 19.8 Å². The number of ether oxygens (including phenoxy) is 3. The Morgan fingerprint density at radius 1 is 0.588 bits per heavy atom. The topological polar surface area (TPSA) is 65.0 Å². The van der Waals surface area contributed by atoms with Gasteiger partial charge in [0.15, 0.2) is 12.4 Å². The van der Waals surface area contributed by atoms with Gasteiger partial charge in [0.05, 0.1) is 6.61 Å². The molecule has 4 aromatic rings. The summed E-state index contributed by atoms with van der Waals surface area (Å²) in [7, 11) is 0. The van der Waals surface area contributed by atoms with Gasteiger partial charge in [-0.2, -0.15) is 0 Å². The Balaban J connectivity index is 1.35. The molecule has 0 aliphatic heterocycles. The lowest BCUT2D eigenvalue weighted by Gasteiger charge is -2.13. The van der Waals surface area contributed by atoms with Gasteiger partial charge in [0, 0.05) is 11.6 Å². The zero-order valence-corrected chi connectivity index (χ0v) is 18.7. The molecule has 0 bridgehead atoms. The van der Waals surface area contributed by atoms with Crippen molar-refractivity contribution in [1.82, 2.24) is 0 Å². The number of carbonyl (C=O) groups is 1. The molecule has 0 aliphatic rings. The van der Waals surface area contributed by atoms with Crippen LogP contribution in [0.25, 0.3) is 0 Å². The first-order valence-electron chi connectivity index (χ1n) is 11.0. The minimum Gasteiger partial charge on any atom is -0.489 e. The van der Waals surface area contributed by atoms with Gasteiger partial charge in [0.2, 0.25) is 0 Å². The fourth-order valence-electron chi connectivity index (χ4n) is 3.38. The Morgan fingerprint density at radius 2 is 1.18 bits per heavy atom. The van der Waals surface area contributed by atoms with E-state index in [1.807, 2.05) is 72.8 Å². The van der Waals surface area contributed by atoms with Gasteiger partial charge in [0.25, 0.3) is 0 Å². The maximum atomic E-state index is 12.3. The summed E-state index contributed by atoms with van der Waals surface area (Å²) in [5.74, 6) is 1.74. The summed E-state index contributed by atoms with van der Waals surface area (Å²) in [5.41, 5.74) is 3.28. The van der Waals surface area contributed by atoms with E-state index >= 15 is 0 Å². The van der Waals surface area contributed by atoms with E-state index in [0.717, 1.165) is 11.1 Å². The smallest absolute Gasteiger partial charge is 0.200 e. The molecule has 0 atom stereocenters. The van der Waals surface area contributed by atoms with Crippen LogP contribution < -0.4 is 14.2 Å². The van der Waals surface area contributed by atoms with Crippen molar-refractivity contribution in [1.29, 1.82) is 0 Å². The van der Waals surface area contributed by atoms with Crippen molar-refractivity contribution >= 4 is 5.78 Å². The Bertz CT molecular complexity index is 1210. The average molecular weight is 455 g/mol. The van der Waals surface area contributed by atoms with Gasteiger partial charge in [-0.1, -0.05) is 72.8 Å². The Hall–Kier alpha value is -4.09. The number of Topliss-reactive ketones (excluding diaryl/α,β-unsaturated/α-hetero) is 1. The van der Waals surface area contributed by atoms with E-state index in [9.17, 15) is 9.90 Å². The highest BCUT2D eigenvalue weighted by Gasteiger charge is 2.08. The van der Waals surface area contributed by atoms with E-state index in [4.69, 9.17) is 14.2 Å². The molecule has 0 heterocycles. The lowest BCUT2D eigenvalue weighted by atomic mass is 10.1. The summed E-state index contributed by atoms with van der Waals surface area (Å²) in [6, 6.07) is 31.8. The Labute approximate surface area is 199 Å². The summed E-state index contributed by atoms with van der Waals surface area (Å²) in [6.07, 6.45) is 0. The van der Waals surface area contributed by atoms with Crippen molar-refractivity contribution in [2.75, 3.05) is 6.61 Å². The lowest BCUT2D eigenvalue weighted by molar-refractivity contribution is 0.0921. The van der Waals surface area contributed by atoms with Gasteiger partial charge < -0.3 is 19.3 Å². The summed E-state index contributed by atoms with van der Waals surface area (Å²) < 4.78 is 17.5. The van der Waals surface area contributed by atoms with Gasteiger partial charge in [-0.3, -0.25) is 4.79 Å².